The second kappa shape index (κ2) is 4.28. The molecule has 1 aromatic rings. The smallest absolute Gasteiger partial charge is 0.124 e. The van der Waals surface area contributed by atoms with E-state index < -0.39 is 0 Å². The Morgan fingerprint density at radius 1 is 1.43 bits per heavy atom. The van der Waals surface area contributed by atoms with Gasteiger partial charge >= 0.3 is 0 Å². The number of hydrogen-bond acceptors (Lipinski definition) is 1. The summed E-state index contributed by atoms with van der Waals surface area (Å²) in [5.41, 5.74) is 6.59. The van der Waals surface area contributed by atoms with Gasteiger partial charge in [-0.05, 0) is 44.4 Å². The average molecular weight is 216 g/mol. The molecule has 0 aliphatic heterocycles. The number of rotatable bonds is 3. The standard InChI is InChI=1S/C11H15ClFN/c1-11(2,14)6-5-8-3-4-9(13)7-10(8)12/h3-4,7H,5-6,14H2,1-2H3. The summed E-state index contributed by atoms with van der Waals surface area (Å²) >= 11 is 5.88. The minimum Gasteiger partial charge on any atom is -0.326 e. The van der Waals surface area contributed by atoms with E-state index in [1.54, 1.807) is 6.07 Å². The van der Waals surface area contributed by atoms with Crippen LogP contribution in [0.5, 0.6) is 0 Å². The monoisotopic (exact) mass is 215 g/mol. The van der Waals surface area contributed by atoms with Gasteiger partial charge in [0.1, 0.15) is 5.82 Å². The maximum Gasteiger partial charge on any atom is 0.124 e. The van der Waals surface area contributed by atoms with Crippen molar-refractivity contribution in [2.45, 2.75) is 32.2 Å². The molecule has 0 unspecified atom stereocenters. The van der Waals surface area contributed by atoms with Gasteiger partial charge in [0.25, 0.3) is 0 Å². The van der Waals surface area contributed by atoms with E-state index >= 15 is 0 Å². The fourth-order valence-corrected chi connectivity index (χ4v) is 1.44. The molecule has 2 N–H and O–H groups in total. The van der Waals surface area contributed by atoms with E-state index in [2.05, 4.69) is 0 Å². The lowest BCUT2D eigenvalue weighted by Crippen LogP contribution is -2.32. The molecular weight excluding hydrogens is 201 g/mol. The Bertz CT molecular complexity index is 318. The van der Waals surface area contributed by atoms with Gasteiger partial charge in [0, 0.05) is 10.6 Å². The molecule has 14 heavy (non-hydrogen) atoms. The van der Waals surface area contributed by atoms with E-state index in [4.69, 9.17) is 17.3 Å². The third-order valence-electron chi connectivity index (χ3n) is 2.05. The Hall–Kier alpha value is -0.600. The van der Waals surface area contributed by atoms with Gasteiger partial charge in [-0.15, -0.1) is 0 Å². The summed E-state index contributed by atoms with van der Waals surface area (Å²) < 4.78 is 12.7. The Morgan fingerprint density at radius 2 is 2.07 bits per heavy atom. The fourth-order valence-electron chi connectivity index (χ4n) is 1.18. The number of nitrogens with two attached hydrogens (primary N) is 1. The first-order valence-corrected chi connectivity index (χ1v) is 4.99. The van der Waals surface area contributed by atoms with Crippen LogP contribution in [-0.4, -0.2) is 5.54 Å². The van der Waals surface area contributed by atoms with Gasteiger partial charge < -0.3 is 5.73 Å². The Kier molecular flexibility index (Phi) is 3.51. The summed E-state index contributed by atoms with van der Waals surface area (Å²) in [6.07, 6.45) is 1.61. The lowest BCUT2D eigenvalue weighted by atomic mass is 9.96. The molecule has 0 bridgehead atoms. The molecule has 0 atom stereocenters. The summed E-state index contributed by atoms with van der Waals surface area (Å²) in [5, 5.41) is 0.481. The quantitative estimate of drug-likeness (QED) is 0.824. The number of halogens is 2. The van der Waals surface area contributed by atoms with Crippen LogP contribution in [0.2, 0.25) is 5.02 Å². The Labute approximate surface area is 89.1 Å². The summed E-state index contributed by atoms with van der Waals surface area (Å²) in [4.78, 5) is 0. The van der Waals surface area contributed by atoms with Crippen LogP contribution in [-0.2, 0) is 6.42 Å². The zero-order chi connectivity index (χ0) is 10.8. The van der Waals surface area contributed by atoms with Crippen molar-refractivity contribution in [2.75, 3.05) is 0 Å². The van der Waals surface area contributed by atoms with E-state index in [-0.39, 0.29) is 11.4 Å². The summed E-state index contributed by atoms with van der Waals surface area (Å²) in [5.74, 6) is -0.300. The highest BCUT2D eigenvalue weighted by atomic mass is 35.5. The van der Waals surface area contributed by atoms with Gasteiger partial charge in [0.05, 0.1) is 0 Å². The van der Waals surface area contributed by atoms with E-state index in [0.717, 1.165) is 18.4 Å². The van der Waals surface area contributed by atoms with E-state index in [0.29, 0.717) is 5.02 Å². The Balaban J connectivity index is 2.68. The first kappa shape index (κ1) is 11.5. The van der Waals surface area contributed by atoms with Crippen molar-refractivity contribution in [3.63, 3.8) is 0 Å². The van der Waals surface area contributed by atoms with E-state index in [1.807, 2.05) is 13.8 Å². The molecule has 0 aliphatic rings. The molecule has 0 saturated heterocycles. The molecular formula is C11H15ClFN. The van der Waals surface area contributed by atoms with Crippen LogP contribution in [0.1, 0.15) is 25.8 Å². The molecule has 1 aromatic carbocycles. The van der Waals surface area contributed by atoms with Crippen LogP contribution in [0.4, 0.5) is 4.39 Å². The molecule has 0 radical (unpaired) electrons. The molecule has 0 spiro atoms. The maximum atomic E-state index is 12.7. The highest BCUT2D eigenvalue weighted by Crippen LogP contribution is 2.20. The molecule has 0 heterocycles. The molecule has 1 nitrogen and oxygen atoms in total. The zero-order valence-electron chi connectivity index (χ0n) is 8.48. The highest BCUT2D eigenvalue weighted by molar-refractivity contribution is 6.31. The molecule has 0 fully saturated rings. The van der Waals surface area contributed by atoms with E-state index in [1.165, 1.54) is 12.1 Å². The lowest BCUT2D eigenvalue weighted by molar-refractivity contribution is 0.477. The van der Waals surface area contributed by atoms with Crippen LogP contribution >= 0.6 is 11.6 Å². The van der Waals surface area contributed by atoms with Gasteiger partial charge in [-0.3, -0.25) is 0 Å². The highest BCUT2D eigenvalue weighted by Gasteiger charge is 2.11. The lowest BCUT2D eigenvalue weighted by Gasteiger charge is -2.18. The predicted octanol–water partition coefficient (Wildman–Crippen LogP) is 3.15. The molecule has 78 valence electrons. The summed E-state index contributed by atoms with van der Waals surface area (Å²) in [6, 6.07) is 4.47. The van der Waals surface area contributed by atoms with Crippen molar-refractivity contribution in [1.82, 2.24) is 0 Å². The first-order chi connectivity index (χ1) is 6.38. The molecule has 0 aliphatic carbocycles. The first-order valence-electron chi connectivity index (χ1n) is 4.61. The van der Waals surface area contributed by atoms with Crippen LogP contribution in [0.3, 0.4) is 0 Å². The fraction of sp³-hybridized carbons (Fsp3) is 0.455. The summed E-state index contributed by atoms with van der Waals surface area (Å²) in [7, 11) is 0. The molecule has 0 amide bonds. The van der Waals surface area contributed by atoms with Gasteiger partial charge in [-0.2, -0.15) is 0 Å². The number of benzene rings is 1. The van der Waals surface area contributed by atoms with Gasteiger partial charge in [-0.1, -0.05) is 17.7 Å². The third kappa shape index (κ3) is 3.64. The molecule has 0 aromatic heterocycles. The minimum atomic E-state index is -0.300. The largest absolute Gasteiger partial charge is 0.326 e. The van der Waals surface area contributed by atoms with Crippen LogP contribution < -0.4 is 5.73 Å². The molecule has 3 heteroatoms. The SMILES string of the molecule is CC(C)(N)CCc1ccc(F)cc1Cl. The summed E-state index contributed by atoms with van der Waals surface area (Å²) in [6.45, 7) is 3.93. The maximum absolute atomic E-state index is 12.7. The van der Waals surface area contributed by atoms with Crippen LogP contribution in [0, 0.1) is 5.82 Å². The third-order valence-corrected chi connectivity index (χ3v) is 2.41. The second-order valence-electron chi connectivity index (χ2n) is 4.22. The van der Waals surface area contributed by atoms with Crippen LogP contribution in [0.15, 0.2) is 18.2 Å². The topological polar surface area (TPSA) is 26.0 Å². The number of hydrogen-bond donors (Lipinski definition) is 1. The van der Waals surface area contributed by atoms with Gasteiger partial charge in [-0.25, -0.2) is 4.39 Å². The van der Waals surface area contributed by atoms with Crippen molar-refractivity contribution in [2.24, 2.45) is 5.73 Å². The number of aryl methyl sites for hydroxylation is 1. The van der Waals surface area contributed by atoms with Crippen molar-refractivity contribution < 1.29 is 4.39 Å². The normalized spacial score (nSPS) is 11.8. The Morgan fingerprint density at radius 3 is 2.57 bits per heavy atom. The zero-order valence-corrected chi connectivity index (χ0v) is 9.24. The van der Waals surface area contributed by atoms with E-state index in [9.17, 15) is 4.39 Å². The van der Waals surface area contributed by atoms with Gasteiger partial charge in [0.2, 0.25) is 0 Å². The second-order valence-corrected chi connectivity index (χ2v) is 4.63. The van der Waals surface area contributed by atoms with Gasteiger partial charge in [0.15, 0.2) is 0 Å². The van der Waals surface area contributed by atoms with Crippen molar-refractivity contribution >= 4 is 11.6 Å². The molecule has 0 saturated carbocycles. The van der Waals surface area contributed by atoms with Crippen molar-refractivity contribution in [3.05, 3.63) is 34.6 Å². The average Bonchev–Trinajstić information content (AvgIpc) is 2.00. The van der Waals surface area contributed by atoms with Crippen molar-refractivity contribution in [3.8, 4) is 0 Å². The predicted molar refractivity (Wildman–Crippen MR) is 58.0 cm³/mol. The molecule has 1 rings (SSSR count). The minimum absolute atomic E-state index is 0.211. The van der Waals surface area contributed by atoms with Crippen LogP contribution in [0.25, 0.3) is 0 Å². The van der Waals surface area contributed by atoms with Crippen molar-refractivity contribution in [1.29, 1.82) is 0 Å².